The van der Waals surface area contributed by atoms with Gasteiger partial charge in [-0.2, -0.15) is 0 Å². The number of hydrogen-bond acceptors (Lipinski definition) is 2. The van der Waals surface area contributed by atoms with Crippen molar-refractivity contribution in [2.45, 2.75) is 33.3 Å². The highest BCUT2D eigenvalue weighted by Gasteiger charge is 2.01. The summed E-state index contributed by atoms with van der Waals surface area (Å²) in [6, 6.07) is 6.28. The SMILES string of the molecule is CCC(O)CNc1ccc(C)cc1C. The molecule has 0 aromatic heterocycles. The molecule has 2 N–H and O–H groups in total. The number of aryl methyl sites for hydroxylation is 2. The van der Waals surface area contributed by atoms with Crippen LogP contribution in [0.2, 0.25) is 0 Å². The van der Waals surface area contributed by atoms with Gasteiger partial charge in [0.15, 0.2) is 0 Å². The lowest BCUT2D eigenvalue weighted by Gasteiger charge is -2.13. The van der Waals surface area contributed by atoms with Gasteiger partial charge >= 0.3 is 0 Å². The molecular weight excluding hydrogens is 174 g/mol. The van der Waals surface area contributed by atoms with Gasteiger partial charge in [-0.05, 0) is 31.9 Å². The van der Waals surface area contributed by atoms with Crippen LogP contribution in [0, 0.1) is 13.8 Å². The fourth-order valence-corrected chi connectivity index (χ4v) is 1.38. The molecule has 1 rings (SSSR count). The predicted molar refractivity (Wildman–Crippen MR) is 60.7 cm³/mol. The van der Waals surface area contributed by atoms with E-state index in [1.807, 2.05) is 6.92 Å². The van der Waals surface area contributed by atoms with Gasteiger partial charge in [-0.25, -0.2) is 0 Å². The third-order valence-corrected chi connectivity index (χ3v) is 2.38. The van der Waals surface area contributed by atoms with E-state index in [1.165, 1.54) is 11.1 Å². The third-order valence-electron chi connectivity index (χ3n) is 2.38. The molecule has 78 valence electrons. The molecule has 0 fully saturated rings. The Morgan fingerprint density at radius 1 is 1.36 bits per heavy atom. The molecule has 0 saturated heterocycles. The van der Waals surface area contributed by atoms with Gasteiger partial charge in [0.25, 0.3) is 0 Å². The Hall–Kier alpha value is -1.02. The lowest BCUT2D eigenvalue weighted by molar-refractivity contribution is 0.183. The largest absolute Gasteiger partial charge is 0.391 e. The second-order valence-corrected chi connectivity index (χ2v) is 3.76. The molecule has 2 heteroatoms. The summed E-state index contributed by atoms with van der Waals surface area (Å²) in [4.78, 5) is 0. The molecule has 0 spiro atoms. The number of nitrogens with one attached hydrogen (secondary N) is 1. The molecule has 1 aromatic rings. The van der Waals surface area contributed by atoms with E-state index in [1.54, 1.807) is 0 Å². The minimum absolute atomic E-state index is 0.254. The second kappa shape index (κ2) is 5.01. The van der Waals surface area contributed by atoms with Gasteiger partial charge in [0.1, 0.15) is 0 Å². The fourth-order valence-electron chi connectivity index (χ4n) is 1.38. The Morgan fingerprint density at radius 3 is 2.64 bits per heavy atom. The number of aliphatic hydroxyl groups is 1. The second-order valence-electron chi connectivity index (χ2n) is 3.76. The Balaban J connectivity index is 2.59. The van der Waals surface area contributed by atoms with Crippen molar-refractivity contribution in [3.05, 3.63) is 29.3 Å². The molecule has 1 atom stereocenters. The predicted octanol–water partition coefficient (Wildman–Crippen LogP) is 2.49. The van der Waals surface area contributed by atoms with Crippen LogP contribution in [0.3, 0.4) is 0 Å². The zero-order chi connectivity index (χ0) is 10.6. The molecule has 0 saturated carbocycles. The first-order valence-corrected chi connectivity index (χ1v) is 5.12. The van der Waals surface area contributed by atoms with Gasteiger partial charge in [-0.3, -0.25) is 0 Å². The molecule has 2 nitrogen and oxygen atoms in total. The summed E-state index contributed by atoms with van der Waals surface area (Å²) < 4.78 is 0. The van der Waals surface area contributed by atoms with E-state index >= 15 is 0 Å². The maximum absolute atomic E-state index is 9.40. The molecule has 0 radical (unpaired) electrons. The summed E-state index contributed by atoms with van der Waals surface area (Å²) >= 11 is 0. The highest BCUT2D eigenvalue weighted by atomic mass is 16.3. The van der Waals surface area contributed by atoms with Gasteiger partial charge in [-0.1, -0.05) is 24.6 Å². The van der Waals surface area contributed by atoms with Crippen molar-refractivity contribution >= 4 is 5.69 Å². The van der Waals surface area contributed by atoms with E-state index in [9.17, 15) is 5.11 Å². The maximum Gasteiger partial charge on any atom is 0.0709 e. The van der Waals surface area contributed by atoms with Crippen molar-refractivity contribution in [3.8, 4) is 0 Å². The highest BCUT2D eigenvalue weighted by molar-refractivity contribution is 5.51. The van der Waals surface area contributed by atoms with Crippen LogP contribution in [0.15, 0.2) is 18.2 Å². The smallest absolute Gasteiger partial charge is 0.0709 e. The Kier molecular flexibility index (Phi) is 3.96. The molecule has 0 aliphatic heterocycles. The van der Waals surface area contributed by atoms with Crippen molar-refractivity contribution in [3.63, 3.8) is 0 Å². The lowest BCUT2D eigenvalue weighted by atomic mass is 10.1. The van der Waals surface area contributed by atoms with Crippen molar-refractivity contribution in [1.29, 1.82) is 0 Å². The van der Waals surface area contributed by atoms with Gasteiger partial charge in [-0.15, -0.1) is 0 Å². The number of anilines is 1. The Bertz CT molecular complexity index is 296. The van der Waals surface area contributed by atoms with Crippen molar-refractivity contribution in [1.82, 2.24) is 0 Å². The zero-order valence-corrected chi connectivity index (χ0v) is 9.17. The quantitative estimate of drug-likeness (QED) is 0.770. The van der Waals surface area contributed by atoms with Crippen molar-refractivity contribution in [2.24, 2.45) is 0 Å². The average Bonchev–Trinajstić information content (AvgIpc) is 2.16. The standard InChI is InChI=1S/C12H19NO/c1-4-11(14)8-13-12-6-5-9(2)7-10(12)3/h5-7,11,13-14H,4,8H2,1-3H3. The van der Waals surface area contributed by atoms with Gasteiger partial charge in [0, 0.05) is 12.2 Å². The minimum atomic E-state index is -0.254. The molecule has 0 bridgehead atoms. The summed E-state index contributed by atoms with van der Waals surface area (Å²) in [6.07, 6.45) is 0.536. The van der Waals surface area contributed by atoms with Crippen LogP contribution in [0.1, 0.15) is 24.5 Å². The molecule has 0 aliphatic carbocycles. The van der Waals surface area contributed by atoms with Crippen LogP contribution in [0.4, 0.5) is 5.69 Å². The fraction of sp³-hybridized carbons (Fsp3) is 0.500. The third kappa shape index (κ3) is 3.04. The number of rotatable bonds is 4. The van der Waals surface area contributed by atoms with Gasteiger partial charge < -0.3 is 10.4 Å². The minimum Gasteiger partial charge on any atom is -0.391 e. The average molecular weight is 193 g/mol. The lowest BCUT2D eigenvalue weighted by Crippen LogP contribution is -2.18. The first kappa shape index (κ1) is 11.1. The molecular formula is C12H19NO. The van der Waals surface area contributed by atoms with Crippen LogP contribution < -0.4 is 5.32 Å². The Morgan fingerprint density at radius 2 is 2.07 bits per heavy atom. The monoisotopic (exact) mass is 193 g/mol. The summed E-state index contributed by atoms with van der Waals surface area (Å²) in [5.74, 6) is 0. The first-order valence-electron chi connectivity index (χ1n) is 5.12. The molecule has 0 aliphatic rings. The summed E-state index contributed by atoms with van der Waals surface area (Å²) in [7, 11) is 0. The van der Waals surface area contributed by atoms with Crippen LogP contribution in [-0.2, 0) is 0 Å². The molecule has 0 amide bonds. The van der Waals surface area contributed by atoms with Crippen LogP contribution >= 0.6 is 0 Å². The van der Waals surface area contributed by atoms with Crippen LogP contribution in [0.25, 0.3) is 0 Å². The van der Waals surface area contributed by atoms with E-state index < -0.39 is 0 Å². The van der Waals surface area contributed by atoms with Gasteiger partial charge in [0.2, 0.25) is 0 Å². The highest BCUT2D eigenvalue weighted by Crippen LogP contribution is 2.15. The van der Waals surface area contributed by atoms with E-state index in [4.69, 9.17) is 0 Å². The van der Waals surface area contributed by atoms with Crippen LogP contribution in [0.5, 0.6) is 0 Å². The number of aliphatic hydroxyl groups excluding tert-OH is 1. The maximum atomic E-state index is 9.40. The Labute approximate surface area is 86.0 Å². The molecule has 1 unspecified atom stereocenters. The van der Waals surface area contributed by atoms with E-state index in [2.05, 4.69) is 37.4 Å². The number of benzene rings is 1. The molecule has 14 heavy (non-hydrogen) atoms. The topological polar surface area (TPSA) is 32.3 Å². The molecule has 1 aromatic carbocycles. The summed E-state index contributed by atoms with van der Waals surface area (Å²) in [5.41, 5.74) is 3.61. The summed E-state index contributed by atoms with van der Waals surface area (Å²) in [6.45, 7) is 6.76. The normalized spacial score (nSPS) is 12.6. The molecule has 0 heterocycles. The summed E-state index contributed by atoms with van der Waals surface area (Å²) in [5, 5.41) is 12.6. The first-order chi connectivity index (χ1) is 6.63. The zero-order valence-electron chi connectivity index (χ0n) is 9.17. The number of hydrogen-bond donors (Lipinski definition) is 2. The van der Waals surface area contributed by atoms with Crippen molar-refractivity contribution in [2.75, 3.05) is 11.9 Å². The van der Waals surface area contributed by atoms with E-state index in [-0.39, 0.29) is 6.10 Å². The van der Waals surface area contributed by atoms with E-state index in [0.717, 1.165) is 12.1 Å². The van der Waals surface area contributed by atoms with Gasteiger partial charge in [0.05, 0.1) is 6.10 Å². The van der Waals surface area contributed by atoms with Crippen LogP contribution in [-0.4, -0.2) is 17.8 Å². The van der Waals surface area contributed by atoms with Crippen molar-refractivity contribution < 1.29 is 5.11 Å². The van der Waals surface area contributed by atoms with E-state index in [0.29, 0.717) is 6.54 Å².